The summed E-state index contributed by atoms with van der Waals surface area (Å²) >= 11 is 13.8. The Bertz CT molecular complexity index is 2930. The maximum atomic E-state index is 14.7. The number of alkyl halides is 3. The summed E-state index contributed by atoms with van der Waals surface area (Å²) in [5, 5.41) is 21.0. The minimum Gasteiger partial charge on any atom is -0.502 e. The van der Waals surface area contributed by atoms with Crippen molar-refractivity contribution in [3.05, 3.63) is 179 Å². The van der Waals surface area contributed by atoms with E-state index in [1.54, 1.807) is 64.2 Å². The molecule has 3 aliphatic rings. The van der Waals surface area contributed by atoms with Crippen LogP contribution in [0.3, 0.4) is 0 Å². The monoisotopic (exact) mass is 924 g/mol. The number of benzene rings is 4. The number of hydrogen-bond acceptors (Lipinski definition) is 8. The first-order valence-electron chi connectivity index (χ1n) is 21.1. The molecule has 2 aromatic heterocycles. The topological polar surface area (TPSA) is 140 Å². The van der Waals surface area contributed by atoms with E-state index in [1.807, 2.05) is 50.2 Å². The van der Waals surface area contributed by atoms with Crippen molar-refractivity contribution in [2.45, 2.75) is 69.2 Å². The molecule has 0 bridgehead atoms. The molecule has 0 saturated heterocycles. The first kappa shape index (κ1) is 43.8. The van der Waals surface area contributed by atoms with Crippen LogP contribution in [-0.4, -0.2) is 78.1 Å². The Morgan fingerprint density at radius 2 is 1.37 bits per heavy atom. The molecule has 4 aromatic carbocycles. The fourth-order valence-electron chi connectivity index (χ4n) is 9.61. The third kappa shape index (κ3) is 8.05. The molecule has 17 heteroatoms. The quantitative estimate of drug-likeness (QED) is 0.152. The molecule has 0 saturated carbocycles. The van der Waals surface area contributed by atoms with E-state index in [0.29, 0.717) is 34.0 Å². The van der Waals surface area contributed by atoms with E-state index in [1.165, 1.54) is 4.68 Å². The zero-order chi connectivity index (χ0) is 45.9. The van der Waals surface area contributed by atoms with Crippen LogP contribution in [0.5, 0.6) is 17.2 Å². The summed E-state index contributed by atoms with van der Waals surface area (Å²) in [4.78, 5) is 57.6. The van der Waals surface area contributed by atoms with Crippen LogP contribution >= 0.6 is 23.2 Å². The lowest BCUT2D eigenvalue weighted by atomic mass is 9.81. The van der Waals surface area contributed by atoms with Crippen molar-refractivity contribution in [3.8, 4) is 17.2 Å². The van der Waals surface area contributed by atoms with Gasteiger partial charge in [-0.05, 0) is 84.3 Å². The van der Waals surface area contributed by atoms with Crippen LogP contribution in [0.25, 0.3) is 0 Å². The second kappa shape index (κ2) is 17.2. The summed E-state index contributed by atoms with van der Waals surface area (Å²) in [5.41, 5.74) is 2.76. The molecular weight excluding hydrogens is 884 g/mol. The van der Waals surface area contributed by atoms with Crippen molar-refractivity contribution in [1.82, 2.24) is 29.4 Å². The Kier molecular flexibility index (Phi) is 11.6. The molecule has 1 aliphatic carbocycles. The Morgan fingerprint density at radius 3 is 2.02 bits per heavy atom. The molecule has 65 heavy (non-hydrogen) atoms. The molecule has 3 atom stereocenters. The highest BCUT2D eigenvalue weighted by molar-refractivity contribution is 6.32. The summed E-state index contributed by atoms with van der Waals surface area (Å²) in [6, 6.07) is 25.3. The largest absolute Gasteiger partial charge is 0.502 e. The lowest BCUT2D eigenvalue weighted by molar-refractivity contribution is -0.137. The summed E-state index contributed by atoms with van der Waals surface area (Å²) in [6.07, 6.45) is -2.68. The standard InChI is InChI=1S/C48H41Cl2F3N6O6/c1-26(2)57-25-37(41-32-13-7-15-34(49)30(32)17-18-31-33(41)14-8-16-35(31)50)59-43(47(57)64)45(39(61)23-55-59)65-29-12-6-11-28(21-29)40(27-9-4-3-5-10-27)36-24-56(20-19-48(51,52)53)46(63)42-44(62)38(60)22-54-58(36)42/h3-16,21-23,26,36-37,40-41,62H,17-20,24-25H2,1-2H3/t36-,37-,40?/m1/s1. The van der Waals surface area contributed by atoms with Gasteiger partial charge in [-0.15, -0.1) is 0 Å². The van der Waals surface area contributed by atoms with Crippen molar-refractivity contribution in [2.75, 3.05) is 19.6 Å². The third-order valence-electron chi connectivity index (χ3n) is 12.6. The van der Waals surface area contributed by atoms with Gasteiger partial charge in [0.2, 0.25) is 16.6 Å². The van der Waals surface area contributed by atoms with E-state index >= 15 is 0 Å². The second-order valence-corrected chi connectivity index (χ2v) is 17.6. The average Bonchev–Trinajstić information content (AvgIpc) is 3.45. The molecule has 0 radical (unpaired) electrons. The van der Waals surface area contributed by atoms with Gasteiger partial charge < -0.3 is 19.6 Å². The number of rotatable bonds is 9. The normalized spacial score (nSPS) is 17.8. The van der Waals surface area contributed by atoms with E-state index in [4.69, 9.17) is 27.9 Å². The fraction of sp³-hybridized carbons (Fsp3) is 0.292. The Labute approximate surface area is 380 Å². The van der Waals surface area contributed by atoms with Crippen LogP contribution in [0.1, 0.15) is 98.5 Å². The lowest BCUT2D eigenvalue weighted by Crippen LogP contribution is -2.50. The number of ether oxygens (including phenoxy) is 1. The highest BCUT2D eigenvalue weighted by Crippen LogP contribution is 2.47. The fourth-order valence-corrected chi connectivity index (χ4v) is 10.2. The van der Waals surface area contributed by atoms with Gasteiger partial charge in [-0.2, -0.15) is 23.4 Å². The van der Waals surface area contributed by atoms with Crippen LogP contribution in [0, 0.1) is 0 Å². The summed E-state index contributed by atoms with van der Waals surface area (Å²) in [5.74, 6) is -3.69. The summed E-state index contributed by atoms with van der Waals surface area (Å²) < 4.78 is 49.9. The van der Waals surface area contributed by atoms with E-state index in [9.17, 15) is 37.5 Å². The number of aromatic nitrogens is 4. The summed E-state index contributed by atoms with van der Waals surface area (Å²) in [6.45, 7) is 3.01. The number of aromatic hydroxyl groups is 1. The predicted octanol–water partition coefficient (Wildman–Crippen LogP) is 8.72. The van der Waals surface area contributed by atoms with E-state index in [2.05, 4.69) is 10.2 Å². The second-order valence-electron chi connectivity index (χ2n) is 16.7. The molecule has 334 valence electrons. The first-order valence-corrected chi connectivity index (χ1v) is 21.8. The molecule has 1 N–H and O–H groups in total. The van der Waals surface area contributed by atoms with E-state index in [0.717, 1.165) is 39.5 Å². The van der Waals surface area contributed by atoms with Crippen LogP contribution in [0.2, 0.25) is 10.0 Å². The van der Waals surface area contributed by atoms with Gasteiger partial charge in [-0.1, -0.05) is 89.9 Å². The van der Waals surface area contributed by atoms with Gasteiger partial charge in [0, 0.05) is 47.6 Å². The number of hydrogen-bond donors (Lipinski definition) is 1. The number of fused-ring (bicyclic) bond motifs is 4. The van der Waals surface area contributed by atoms with Crippen molar-refractivity contribution in [1.29, 1.82) is 0 Å². The zero-order valence-electron chi connectivity index (χ0n) is 35.0. The minimum absolute atomic E-state index is 0.0625. The lowest BCUT2D eigenvalue weighted by Gasteiger charge is -2.41. The van der Waals surface area contributed by atoms with Gasteiger partial charge in [0.05, 0.1) is 30.9 Å². The number of carbonyl (C=O) groups excluding carboxylic acids is 2. The van der Waals surface area contributed by atoms with Gasteiger partial charge in [-0.3, -0.25) is 28.5 Å². The van der Waals surface area contributed by atoms with E-state index < -0.39 is 77.2 Å². The Balaban J connectivity index is 1.17. The predicted molar refractivity (Wildman–Crippen MR) is 236 cm³/mol. The Morgan fingerprint density at radius 1 is 0.754 bits per heavy atom. The van der Waals surface area contributed by atoms with Crippen LogP contribution in [0.15, 0.2) is 113 Å². The van der Waals surface area contributed by atoms with Crippen molar-refractivity contribution < 1.29 is 32.6 Å². The minimum atomic E-state index is -4.60. The highest BCUT2D eigenvalue weighted by Gasteiger charge is 2.44. The average molecular weight is 926 g/mol. The third-order valence-corrected chi connectivity index (χ3v) is 13.3. The molecule has 9 rings (SSSR count). The molecule has 4 heterocycles. The summed E-state index contributed by atoms with van der Waals surface area (Å²) in [7, 11) is 0. The molecule has 12 nitrogen and oxygen atoms in total. The number of carbonyl (C=O) groups is 2. The zero-order valence-corrected chi connectivity index (χ0v) is 36.5. The molecule has 6 aromatic rings. The van der Waals surface area contributed by atoms with Gasteiger partial charge >= 0.3 is 6.18 Å². The smallest absolute Gasteiger partial charge is 0.390 e. The first-order chi connectivity index (χ1) is 31.1. The molecule has 1 unspecified atom stereocenters. The maximum Gasteiger partial charge on any atom is 0.390 e. The number of nitrogens with zero attached hydrogens (tertiary/aromatic N) is 6. The van der Waals surface area contributed by atoms with Crippen molar-refractivity contribution in [3.63, 3.8) is 0 Å². The number of amides is 2. The maximum absolute atomic E-state index is 14.7. The van der Waals surface area contributed by atoms with E-state index in [-0.39, 0.29) is 36.3 Å². The van der Waals surface area contributed by atoms with Crippen LogP contribution in [-0.2, 0) is 12.8 Å². The van der Waals surface area contributed by atoms with Gasteiger partial charge in [0.1, 0.15) is 5.75 Å². The van der Waals surface area contributed by atoms with Gasteiger partial charge in [0.25, 0.3) is 11.8 Å². The van der Waals surface area contributed by atoms with Crippen molar-refractivity contribution in [2.24, 2.45) is 0 Å². The van der Waals surface area contributed by atoms with Crippen LogP contribution < -0.4 is 15.6 Å². The van der Waals surface area contributed by atoms with Gasteiger partial charge in [-0.25, -0.2) is 0 Å². The molecule has 0 fully saturated rings. The molecule has 2 aliphatic heterocycles. The highest BCUT2D eigenvalue weighted by atomic mass is 35.5. The molecule has 0 spiro atoms. The molecule has 2 amide bonds. The van der Waals surface area contributed by atoms with Gasteiger partial charge in [0.15, 0.2) is 17.1 Å². The SMILES string of the molecule is CC(C)N1C[C@H](C2c3cccc(Cl)c3CCc3c(Cl)cccc32)n2ncc(=O)c(Oc3cccc(C(c4ccccc4)[C@H]4CN(CCC(F)(F)F)C(=O)c5c(O)c(=O)cnn54)c3)c2C1=O. The molecular formula is C48H41Cl2F3N6O6. The van der Waals surface area contributed by atoms with Crippen molar-refractivity contribution >= 4 is 35.0 Å². The number of halogens is 5. The Hall–Kier alpha value is -6.45. The van der Waals surface area contributed by atoms with Crippen LogP contribution in [0.4, 0.5) is 13.2 Å².